The molecule has 0 bridgehead atoms. The van der Waals surface area contributed by atoms with Gasteiger partial charge < -0.3 is 0 Å². The van der Waals surface area contributed by atoms with E-state index >= 15 is 0 Å². The Morgan fingerprint density at radius 2 is 2.14 bits per heavy atom. The lowest BCUT2D eigenvalue weighted by Gasteiger charge is -2.10. The average Bonchev–Trinajstić information content (AvgIpc) is 2.16. The third kappa shape index (κ3) is 2.00. The van der Waals surface area contributed by atoms with E-state index in [-0.39, 0.29) is 11.7 Å². The van der Waals surface area contributed by atoms with E-state index in [1.165, 1.54) is 0 Å². The van der Waals surface area contributed by atoms with Gasteiger partial charge in [-0.05, 0) is 25.5 Å². The topological polar surface area (TPSA) is 40.9 Å². The molecular formula is C12H13NO. The van der Waals surface area contributed by atoms with E-state index in [1.807, 2.05) is 26.0 Å². The molecule has 14 heavy (non-hydrogen) atoms. The van der Waals surface area contributed by atoms with Gasteiger partial charge in [0.15, 0.2) is 0 Å². The SMILES string of the molecule is CC(=O)C(C)c1cc(C)ccc1C#N. The molecule has 0 saturated heterocycles. The van der Waals surface area contributed by atoms with Crippen molar-refractivity contribution in [3.05, 3.63) is 34.9 Å². The van der Waals surface area contributed by atoms with Gasteiger partial charge in [-0.2, -0.15) is 5.26 Å². The maximum absolute atomic E-state index is 11.2. The molecule has 2 heteroatoms. The highest BCUT2D eigenvalue weighted by Crippen LogP contribution is 2.21. The van der Waals surface area contributed by atoms with Crippen LogP contribution in [0.25, 0.3) is 0 Å². The van der Waals surface area contributed by atoms with E-state index < -0.39 is 0 Å². The second-order valence-corrected chi connectivity index (χ2v) is 3.53. The lowest BCUT2D eigenvalue weighted by atomic mass is 9.92. The summed E-state index contributed by atoms with van der Waals surface area (Å²) in [4.78, 5) is 11.2. The van der Waals surface area contributed by atoms with Crippen LogP contribution in [-0.4, -0.2) is 5.78 Å². The molecular weight excluding hydrogens is 174 g/mol. The standard InChI is InChI=1S/C12H13NO/c1-8-4-5-11(7-13)12(6-8)9(2)10(3)14/h4-6,9H,1-3H3. The van der Waals surface area contributed by atoms with Crippen molar-refractivity contribution in [2.75, 3.05) is 0 Å². The summed E-state index contributed by atoms with van der Waals surface area (Å²) in [5.74, 6) is -0.100. The summed E-state index contributed by atoms with van der Waals surface area (Å²) in [5, 5.41) is 8.88. The van der Waals surface area contributed by atoms with Crippen molar-refractivity contribution in [1.29, 1.82) is 5.26 Å². The Morgan fingerprint density at radius 1 is 1.50 bits per heavy atom. The van der Waals surface area contributed by atoms with Crippen molar-refractivity contribution in [2.24, 2.45) is 0 Å². The fourth-order valence-corrected chi connectivity index (χ4v) is 1.36. The first kappa shape index (κ1) is 10.5. The van der Waals surface area contributed by atoms with Crippen LogP contribution >= 0.6 is 0 Å². The maximum Gasteiger partial charge on any atom is 0.137 e. The molecule has 2 nitrogen and oxygen atoms in total. The Bertz CT molecular complexity index is 401. The fourth-order valence-electron chi connectivity index (χ4n) is 1.36. The first-order valence-electron chi connectivity index (χ1n) is 4.57. The third-order valence-corrected chi connectivity index (χ3v) is 2.40. The molecule has 0 radical (unpaired) electrons. The van der Waals surface area contributed by atoms with Crippen molar-refractivity contribution in [3.63, 3.8) is 0 Å². The zero-order valence-electron chi connectivity index (χ0n) is 8.66. The fraction of sp³-hybridized carbons (Fsp3) is 0.333. The monoisotopic (exact) mass is 187 g/mol. The molecule has 1 aromatic carbocycles. The Kier molecular flexibility index (Phi) is 3.03. The summed E-state index contributed by atoms with van der Waals surface area (Å²) in [6.45, 7) is 5.34. The van der Waals surface area contributed by atoms with Crippen LogP contribution < -0.4 is 0 Å². The van der Waals surface area contributed by atoms with Crippen molar-refractivity contribution in [2.45, 2.75) is 26.7 Å². The molecule has 0 fully saturated rings. The molecule has 0 amide bonds. The number of nitriles is 1. The Labute approximate surface area is 84.2 Å². The van der Waals surface area contributed by atoms with Crippen LogP contribution in [0.15, 0.2) is 18.2 Å². The lowest BCUT2D eigenvalue weighted by molar-refractivity contribution is -0.118. The van der Waals surface area contributed by atoms with Gasteiger partial charge in [0.1, 0.15) is 5.78 Å². The molecule has 0 aliphatic carbocycles. The number of carbonyl (C=O) groups is 1. The normalized spacial score (nSPS) is 11.9. The van der Waals surface area contributed by atoms with Crippen LogP contribution in [-0.2, 0) is 4.79 Å². The first-order chi connectivity index (χ1) is 6.56. The summed E-state index contributed by atoms with van der Waals surface area (Å²) in [6.07, 6.45) is 0. The molecule has 0 aromatic heterocycles. The van der Waals surface area contributed by atoms with Crippen LogP contribution in [0.1, 0.15) is 36.5 Å². The Morgan fingerprint density at radius 3 is 2.64 bits per heavy atom. The number of Topliss-reactive ketones (excluding diaryl/α,β-unsaturated/α-hetero) is 1. The zero-order chi connectivity index (χ0) is 10.7. The van der Waals surface area contributed by atoms with E-state index in [0.29, 0.717) is 5.56 Å². The quantitative estimate of drug-likeness (QED) is 0.714. The van der Waals surface area contributed by atoms with E-state index in [4.69, 9.17) is 5.26 Å². The number of nitrogens with zero attached hydrogens (tertiary/aromatic N) is 1. The molecule has 0 N–H and O–H groups in total. The van der Waals surface area contributed by atoms with Gasteiger partial charge in [0.2, 0.25) is 0 Å². The first-order valence-corrected chi connectivity index (χ1v) is 4.57. The smallest absolute Gasteiger partial charge is 0.137 e. The Balaban J connectivity index is 3.25. The minimum Gasteiger partial charge on any atom is -0.299 e. The largest absolute Gasteiger partial charge is 0.299 e. The van der Waals surface area contributed by atoms with E-state index in [0.717, 1.165) is 11.1 Å². The van der Waals surface area contributed by atoms with Crippen molar-refractivity contribution >= 4 is 5.78 Å². The number of ketones is 1. The third-order valence-electron chi connectivity index (χ3n) is 2.40. The van der Waals surface area contributed by atoms with Gasteiger partial charge in [0.05, 0.1) is 11.6 Å². The highest BCUT2D eigenvalue weighted by Gasteiger charge is 2.14. The van der Waals surface area contributed by atoms with Gasteiger partial charge in [-0.3, -0.25) is 4.79 Å². The summed E-state index contributed by atoms with van der Waals surface area (Å²) >= 11 is 0. The van der Waals surface area contributed by atoms with E-state index in [2.05, 4.69) is 6.07 Å². The summed E-state index contributed by atoms with van der Waals surface area (Å²) in [7, 11) is 0. The predicted molar refractivity (Wildman–Crippen MR) is 55.0 cm³/mol. The van der Waals surface area contributed by atoms with Crippen LogP contribution in [0, 0.1) is 18.3 Å². The van der Waals surface area contributed by atoms with E-state index in [1.54, 1.807) is 13.0 Å². The van der Waals surface area contributed by atoms with Gasteiger partial charge in [-0.1, -0.05) is 24.6 Å². The number of rotatable bonds is 2. The predicted octanol–water partition coefficient (Wildman–Crippen LogP) is 2.56. The molecule has 0 spiro atoms. The summed E-state index contributed by atoms with van der Waals surface area (Å²) < 4.78 is 0. The second kappa shape index (κ2) is 4.06. The van der Waals surface area contributed by atoms with Crippen molar-refractivity contribution in [1.82, 2.24) is 0 Å². The summed E-state index contributed by atoms with van der Waals surface area (Å²) in [6, 6.07) is 7.67. The minimum atomic E-state index is -0.190. The molecule has 1 aromatic rings. The molecule has 1 rings (SSSR count). The average molecular weight is 187 g/mol. The van der Waals surface area contributed by atoms with Gasteiger partial charge in [0, 0.05) is 5.92 Å². The lowest BCUT2D eigenvalue weighted by Crippen LogP contribution is -2.06. The van der Waals surface area contributed by atoms with Crippen molar-refractivity contribution in [3.8, 4) is 6.07 Å². The molecule has 72 valence electrons. The van der Waals surface area contributed by atoms with Crippen molar-refractivity contribution < 1.29 is 4.79 Å². The molecule has 0 saturated carbocycles. The van der Waals surface area contributed by atoms with E-state index in [9.17, 15) is 4.79 Å². The highest BCUT2D eigenvalue weighted by atomic mass is 16.1. The second-order valence-electron chi connectivity index (χ2n) is 3.53. The summed E-state index contributed by atoms with van der Waals surface area (Å²) in [5.41, 5.74) is 2.51. The molecule has 1 unspecified atom stereocenters. The Hall–Kier alpha value is -1.62. The van der Waals surface area contributed by atoms with Crippen LogP contribution in [0.4, 0.5) is 0 Å². The molecule has 0 aliphatic rings. The van der Waals surface area contributed by atoms with Gasteiger partial charge >= 0.3 is 0 Å². The molecule has 0 aliphatic heterocycles. The van der Waals surface area contributed by atoms with Crippen LogP contribution in [0.2, 0.25) is 0 Å². The molecule has 0 heterocycles. The number of hydrogen-bond acceptors (Lipinski definition) is 2. The van der Waals surface area contributed by atoms with Gasteiger partial charge in [0.25, 0.3) is 0 Å². The molecule has 1 atom stereocenters. The van der Waals surface area contributed by atoms with Gasteiger partial charge in [-0.25, -0.2) is 0 Å². The zero-order valence-corrected chi connectivity index (χ0v) is 8.66. The number of aryl methyl sites for hydroxylation is 1. The highest BCUT2D eigenvalue weighted by molar-refractivity contribution is 5.83. The number of hydrogen-bond donors (Lipinski definition) is 0. The number of carbonyl (C=O) groups excluding carboxylic acids is 1. The van der Waals surface area contributed by atoms with Crippen LogP contribution in [0.5, 0.6) is 0 Å². The number of benzene rings is 1. The van der Waals surface area contributed by atoms with Crippen LogP contribution in [0.3, 0.4) is 0 Å². The van der Waals surface area contributed by atoms with Gasteiger partial charge in [-0.15, -0.1) is 0 Å². The maximum atomic E-state index is 11.2. The minimum absolute atomic E-state index is 0.0899.